The van der Waals surface area contributed by atoms with Crippen LogP contribution in [0.4, 0.5) is 11.5 Å². The highest BCUT2D eigenvalue weighted by molar-refractivity contribution is 6.31. The van der Waals surface area contributed by atoms with Crippen molar-refractivity contribution >= 4 is 34.0 Å². The van der Waals surface area contributed by atoms with E-state index in [1.807, 2.05) is 60.7 Å². The highest BCUT2D eigenvalue weighted by Crippen LogP contribution is 2.26. The predicted molar refractivity (Wildman–Crippen MR) is 118 cm³/mol. The number of para-hydroxylation sites is 1. The van der Waals surface area contributed by atoms with Crippen molar-refractivity contribution in [1.82, 2.24) is 24.7 Å². The Bertz CT molecular complexity index is 1320. The maximum Gasteiger partial charge on any atom is 0.253 e. The third kappa shape index (κ3) is 3.60. The summed E-state index contributed by atoms with van der Waals surface area (Å²) in [5.41, 5.74) is 3.80. The largest absolute Gasteiger partial charge is 0.340 e. The number of hydrogen-bond donors (Lipinski definition) is 1. The average molecular weight is 413 g/mol. The normalized spacial score (nSPS) is 11.0. The second kappa shape index (κ2) is 7.93. The minimum absolute atomic E-state index is 0.496. The zero-order valence-corrected chi connectivity index (χ0v) is 16.7. The number of aromatic nitrogens is 5. The van der Waals surface area contributed by atoms with Gasteiger partial charge < -0.3 is 5.32 Å². The van der Waals surface area contributed by atoms with E-state index in [1.54, 1.807) is 23.3 Å². The van der Waals surface area contributed by atoms with E-state index in [0.29, 0.717) is 18.2 Å². The first kappa shape index (κ1) is 18.3. The maximum atomic E-state index is 6.37. The molecular formula is C23H17ClN6. The Kier molecular flexibility index (Phi) is 4.83. The Morgan fingerprint density at radius 3 is 2.53 bits per heavy atom. The Morgan fingerprint density at radius 2 is 1.67 bits per heavy atom. The van der Waals surface area contributed by atoms with Crippen molar-refractivity contribution < 1.29 is 0 Å². The van der Waals surface area contributed by atoms with Gasteiger partial charge in [-0.15, -0.1) is 0 Å². The van der Waals surface area contributed by atoms with Gasteiger partial charge in [0.05, 0.1) is 11.2 Å². The smallest absolute Gasteiger partial charge is 0.253 e. The minimum Gasteiger partial charge on any atom is -0.340 e. The van der Waals surface area contributed by atoms with E-state index in [4.69, 9.17) is 16.7 Å². The molecule has 0 amide bonds. The molecule has 146 valence electrons. The third-order valence-corrected chi connectivity index (χ3v) is 5.13. The molecule has 0 radical (unpaired) electrons. The fourth-order valence-electron chi connectivity index (χ4n) is 3.34. The van der Waals surface area contributed by atoms with Crippen LogP contribution in [0.15, 0.2) is 85.3 Å². The molecule has 5 aromatic rings. The first-order valence-electron chi connectivity index (χ1n) is 9.48. The van der Waals surface area contributed by atoms with E-state index in [-0.39, 0.29) is 0 Å². The topological polar surface area (TPSA) is 68.5 Å². The first-order valence-corrected chi connectivity index (χ1v) is 9.86. The van der Waals surface area contributed by atoms with Crippen molar-refractivity contribution in [2.45, 2.75) is 6.42 Å². The number of nitrogens with one attached hydrogen (secondary N) is 1. The Balaban J connectivity index is 1.55. The van der Waals surface area contributed by atoms with Gasteiger partial charge in [0.25, 0.3) is 5.95 Å². The van der Waals surface area contributed by atoms with Crippen molar-refractivity contribution in [3.63, 3.8) is 0 Å². The summed E-state index contributed by atoms with van der Waals surface area (Å²) in [7, 11) is 0. The van der Waals surface area contributed by atoms with Crippen molar-refractivity contribution in [3.05, 3.63) is 102 Å². The van der Waals surface area contributed by atoms with Crippen LogP contribution in [0.3, 0.4) is 0 Å². The van der Waals surface area contributed by atoms with Gasteiger partial charge in [-0.3, -0.25) is 4.98 Å². The Morgan fingerprint density at radius 1 is 0.867 bits per heavy atom. The number of fused-ring (bicyclic) bond motifs is 1. The van der Waals surface area contributed by atoms with Crippen LogP contribution in [0.5, 0.6) is 0 Å². The molecule has 2 aromatic carbocycles. The number of benzene rings is 2. The summed E-state index contributed by atoms with van der Waals surface area (Å²) >= 11 is 6.37. The summed E-state index contributed by atoms with van der Waals surface area (Å²) in [6, 6.07) is 21.5. The van der Waals surface area contributed by atoms with Crippen LogP contribution in [-0.2, 0) is 6.42 Å². The summed E-state index contributed by atoms with van der Waals surface area (Å²) in [5, 5.41) is 9.89. The van der Waals surface area contributed by atoms with E-state index in [0.717, 1.165) is 32.9 Å². The number of pyridine rings is 1. The van der Waals surface area contributed by atoms with Crippen molar-refractivity contribution in [1.29, 1.82) is 0 Å². The molecule has 3 heterocycles. The van der Waals surface area contributed by atoms with Crippen molar-refractivity contribution in [3.8, 4) is 5.95 Å². The van der Waals surface area contributed by atoms with Gasteiger partial charge in [-0.05, 0) is 35.9 Å². The summed E-state index contributed by atoms with van der Waals surface area (Å²) in [4.78, 5) is 13.1. The fraction of sp³-hybridized carbons (Fsp3) is 0.0435. The van der Waals surface area contributed by atoms with Gasteiger partial charge in [-0.1, -0.05) is 48.0 Å². The Hall–Kier alpha value is -3.77. The number of rotatable bonds is 5. The molecular weight excluding hydrogens is 396 g/mol. The molecule has 0 saturated heterocycles. The zero-order valence-electron chi connectivity index (χ0n) is 15.9. The first-order chi connectivity index (χ1) is 14.8. The van der Waals surface area contributed by atoms with Crippen LogP contribution in [0.1, 0.15) is 11.3 Å². The number of anilines is 2. The van der Waals surface area contributed by atoms with Gasteiger partial charge >= 0.3 is 0 Å². The lowest BCUT2D eigenvalue weighted by atomic mass is 10.1. The highest BCUT2D eigenvalue weighted by Gasteiger charge is 2.15. The van der Waals surface area contributed by atoms with Gasteiger partial charge in [-0.25, -0.2) is 4.98 Å². The molecule has 7 heteroatoms. The molecule has 1 N–H and O–H groups in total. The second-order valence-corrected chi connectivity index (χ2v) is 7.15. The van der Waals surface area contributed by atoms with E-state index in [2.05, 4.69) is 26.3 Å². The van der Waals surface area contributed by atoms with E-state index < -0.39 is 0 Å². The molecule has 0 fully saturated rings. The van der Waals surface area contributed by atoms with Gasteiger partial charge in [-0.2, -0.15) is 14.8 Å². The predicted octanol–water partition coefficient (Wildman–Crippen LogP) is 5.20. The quantitative estimate of drug-likeness (QED) is 0.429. The monoisotopic (exact) mass is 412 g/mol. The second-order valence-electron chi connectivity index (χ2n) is 6.75. The molecule has 0 bridgehead atoms. The van der Waals surface area contributed by atoms with Gasteiger partial charge in [0, 0.05) is 41.1 Å². The van der Waals surface area contributed by atoms with Crippen LogP contribution in [0.2, 0.25) is 5.02 Å². The highest BCUT2D eigenvalue weighted by atomic mass is 35.5. The molecule has 0 aliphatic heterocycles. The SMILES string of the molecule is Clc1ccccc1Cc1nn(-c2nccc(Nc3ccncc3)n2)c2ccccc12. The lowest BCUT2D eigenvalue weighted by Gasteiger charge is -2.07. The summed E-state index contributed by atoms with van der Waals surface area (Å²) in [6.07, 6.45) is 5.80. The minimum atomic E-state index is 0.496. The summed E-state index contributed by atoms with van der Waals surface area (Å²) in [6.45, 7) is 0. The van der Waals surface area contributed by atoms with Crippen molar-refractivity contribution in [2.24, 2.45) is 0 Å². The van der Waals surface area contributed by atoms with Crippen LogP contribution in [-0.4, -0.2) is 24.7 Å². The standard InChI is InChI=1S/C23H17ClN6/c24-19-7-3-1-5-16(19)15-20-18-6-2-4-8-21(18)30(29-20)23-26-14-11-22(28-23)27-17-9-12-25-13-10-17/h1-14H,15H2,(H,25,26,27,28). The molecule has 0 spiro atoms. The van der Waals surface area contributed by atoms with Crippen LogP contribution < -0.4 is 5.32 Å². The average Bonchev–Trinajstić information content (AvgIpc) is 3.15. The maximum absolute atomic E-state index is 6.37. The van der Waals surface area contributed by atoms with Gasteiger partial charge in [0.1, 0.15) is 5.82 Å². The summed E-state index contributed by atoms with van der Waals surface area (Å²) < 4.78 is 1.78. The lowest BCUT2D eigenvalue weighted by Crippen LogP contribution is -2.05. The molecule has 0 aliphatic rings. The molecule has 30 heavy (non-hydrogen) atoms. The molecule has 0 atom stereocenters. The molecule has 5 rings (SSSR count). The molecule has 3 aromatic heterocycles. The summed E-state index contributed by atoms with van der Waals surface area (Å²) in [5.74, 6) is 1.18. The van der Waals surface area contributed by atoms with Crippen LogP contribution in [0.25, 0.3) is 16.9 Å². The lowest BCUT2D eigenvalue weighted by molar-refractivity contribution is 0.811. The van der Waals surface area contributed by atoms with Crippen LogP contribution in [0, 0.1) is 0 Å². The molecule has 6 nitrogen and oxygen atoms in total. The molecule has 0 unspecified atom stereocenters. The Labute approximate surface area is 178 Å². The van der Waals surface area contributed by atoms with E-state index in [1.165, 1.54) is 0 Å². The van der Waals surface area contributed by atoms with Crippen molar-refractivity contribution in [2.75, 3.05) is 5.32 Å². The molecule has 0 aliphatic carbocycles. The number of nitrogens with zero attached hydrogens (tertiary/aromatic N) is 5. The van der Waals surface area contributed by atoms with Gasteiger partial charge in [0.2, 0.25) is 0 Å². The van der Waals surface area contributed by atoms with Crippen LogP contribution >= 0.6 is 11.6 Å². The number of halogens is 1. The zero-order chi connectivity index (χ0) is 20.3. The third-order valence-electron chi connectivity index (χ3n) is 4.76. The van der Waals surface area contributed by atoms with E-state index in [9.17, 15) is 0 Å². The number of hydrogen-bond acceptors (Lipinski definition) is 5. The molecule has 0 saturated carbocycles. The fourth-order valence-corrected chi connectivity index (χ4v) is 3.54. The van der Waals surface area contributed by atoms with E-state index >= 15 is 0 Å². The van der Waals surface area contributed by atoms with Gasteiger partial charge in [0.15, 0.2) is 0 Å².